The van der Waals surface area contributed by atoms with Gasteiger partial charge in [-0.05, 0) is 13.0 Å². The maximum Gasteiger partial charge on any atom is 0.344 e. The van der Waals surface area contributed by atoms with Gasteiger partial charge in [0.25, 0.3) is 0 Å². The van der Waals surface area contributed by atoms with Gasteiger partial charge >= 0.3 is 5.97 Å². The number of aliphatic carboxylic acids is 1. The predicted octanol–water partition coefficient (Wildman–Crippen LogP) is 1.65. The highest BCUT2D eigenvalue weighted by molar-refractivity contribution is 5.98. The fraction of sp³-hybridized carbons (Fsp3) is 0.200. The lowest BCUT2D eigenvalue weighted by atomic mass is 10.1. The summed E-state index contributed by atoms with van der Waals surface area (Å²) in [5.41, 5.74) is 0.595. The monoisotopic (exact) mass is 211 g/mol. The molecule has 0 atom stereocenters. The first-order valence-corrected chi connectivity index (χ1v) is 4.24. The van der Waals surface area contributed by atoms with Crippen molar-refractivity contribution < 1.29 is 19.1 Å². The third-order valence-corrected chi connectivity index (χ3v) is 1.65. The van der Waals surface area contributed by atoms with Gasteiger partial charge in [-0.2, -0.15) is 0 Å². The Balaban J connectivity index is 2.72. The van der Waals surface area contributed by atoms with Gasteiger partial charge in [0.2, 0.25) is 6.61 Å². The first-order chi connectivity index (χ1) is 7.11. The lowest BCUT2D eigenvalue weighted by Crippen LogP contribution is -2.06. The molecule has 0 aromatic heterocycles. The van der Waals surface area contributed by atoms with Gasteiger partial charge in [0.15, 0.2) is 0 Å². The first-order valence-electron chi connectivity index (χ1n) is 4.24. The van der Waals surface area contributed by atoms with E-state index >= 15 is 0 Å². The Morgan fingerprint density at radius 3 is 2.80 bits per heavy atom. The van der Waals surface area contributed by atoms with Crippen molar-refractivity contribution in [2.75, 3.05) is 6.61 Å². The number of carboxylic acid groups (broad SMARTS) is 1. The Bertz CT molecular complexity index is 390. The van der Waals surface area contributed by atoms with Crippen LogP contribution in [0.3, 0.4) is 0 Å². The molecule has 0 radical (unpaired) electrons. The molecular weight excluding hydrogens is 201 g/mol. The molecule has 0 unspecified atom stereocenters. The molecule has 1 N–H and O–H groups in total. The predicted molar refractivity (Wildman–Crippen MR) is 52.2 cm³/mol. The van der Waals surface area contributed by atoms with Crippen LogP contribution in [0.4, 0.5) is 4.39 Å². The van der Waals surface area contributed by atoms with Crippen molar-refractivity contribution in [2.24, 2.45) is 5.16 Å². The van der Waals surface area contributed by atoms with E-state index in [1.165, 1.54) is 12.1 Å². The van der Waals surface area contributed by atoms with E-state index in [0.717, 1.165) is 0 Å². The van der Waals surface area contributed by atoms with E-state index in [-0.39, 0.29) is 0 Å². The molecule has 0 aliphatic heterocycles. The van der Waals surface area contributed by atoms with Gasteiger partial charge in [-0.25, -0.2) is 9.18 Å². The highest BCUT2D eigenvalue weighted by atomic mass is 19.1. The van der Waals surface area contributed by atoms with E-state index in [0.29, 0.717) is 11.3 Å². The third kappa shape index (κ3) is 3.38. The van der Waals surface area contributed by atoms with Crippen LogP contribution in [0.5, 0.6) is 0 Å². The summed E-state index contributed by atoms with van der Waals surface area (Å²) in [6, 6.07) is 6.06. The maximum atomic E-state index is 13.2. The summed E-state index contributed by atoms with van der Waals surface area (Å²) >= 11 is 0. The van der Waals surface area contributed by atoms with Crippen molar-refractivity contribution >= 4 is 11.7 Å². The SMILES string of the molecule is CC(=NOCC(=O)O)c1ccccc1F. The van der Waals surface area contributed by atoms with Crippen LogP contribution >= 0.6 is 0 Å². The number of rotatable bonds is 4. The minimum Gasteiger partial charge on any atom is -0.479 e. The van der Waals surface area contributed by atoms with Crippen molar-refractivity contribution in [3.8, 4) is 0 Å². The van der Waals surface area contributed by atoms with E-state index in [2.05, 4.69) is 9.99 Å². The molecule has 0 saturated heterocycles. The summed E-state index contributed by atoms with van der Waals surface area (Å²) in [5.74, 6) is -1.54. The highest BCUT2D eigenvalue weighted by Gasteiger charge is 2.04. The minimum atomic E-state index is -1.12. The minimum absolute atomic E-state index is 0.294. The molecule has 15 heavy (non-hydrogen) atoms. The molecule has 4 nitrogen and oxygen atoms in total. The van der Waals surface area contributed by atoms with Crippen LogP contribution in [0, 0.1) is 5.82 Å². The zero-order valence-corrected chi connectivity index (χ0v) is 8.11. The number of carboxylic acids is 1. The second kappa shape index (κ2) is 5.09. The molecular formula is C10H10FNO3. The van der Waals surface area contributed by atoms with Crippen LogP contribution in [0.25, 0.3) is 0 Å². The normalized spacial score (nSPS) is 11.2. The summed E-state index contributed by atoms with van der Waals surface area (Å²) in [5, 5.41) is 11.8. The Kier molecular flexibility index (Phi) is 3.79. The van der Waals surface area contributed by atoms with Crippen LogP contribution in [0.2, 0.25) is 0 Å². The van der Waals surface area contributed by atoms with E-state index < -0.39 is 18.4 Å². The smallest absolute Gasteiger partial charge is 0.344 e. The number of nitrogens with zero attached hydrogens (tertiary/aromatic N) is 1. The summed E-state index contributed by atoms with van der Waals surface area (Å²) in [7, 11) is 0. The van der Waals surface area contributed by atoms with E-state index in [1.54, 1.807) is 19.1 Å². The second-order valence-electron chi connectivity index (χ2n) is 2.82. The lowest BCUT2D eigenvalue weighted by molar-refractivity contribution is -0.142. The topological polar surface area (TPSA) is 58.9 Å². The van der Waals surface area contributed by atoms with Crippen molar-refractivity contribution in [3.05, 3.63) is 35.6 Å². The fourth-order valence-corrected chi connectivity index (χ4v) is 0.988. The Labute approximate surface area is 86.0 Å². The molecule has 0 spiro atoms. The lowest BCUT2D eigenvalue weighted by Gasteiger charge is -2.01. The Morgan fingerprint density at radius 2 is 2.20 bits per heavy atom. The molecule has 0 aliphatic carbocycles. The average molecular weight is 211 g/mol. The van der Waals surface area contributed by atoms with E-state index in [1.807, 2.05) is 0 Å². The third-order valence-electron chi connectivity index (χ3n) is 1.65. The summed E-state index contributed by atoms with van der Waals surface area (Å²) in [6.07, 6.45) is 0. The number of halogens is 1. The zero-order valence-electron chi connectivity index (χ0n) is 8.11. The number of hydrogen-bond acceptors (Lipinski definition) is 3. The molecule has 0 fully saturated rings. The highest BCUT2D eigenvalue weighted by Crippen LogP contribution is 2.07. The van der Waals surface area contributed by atoms with E-state index in [4.69, 9.17) is 5.11 Å². The van der Waals surface area contributed by atoms with Crippen LogP contribution in [0.1, 0.15) is 12.5 Å². The van der Waals surface area contributed by atoms with E-state index in [9.17, 15) is 9.18 Å². The van der Waals surface area contributed by atoms with Gasteiger partial charge in [0.05, 0.1) is 5.71 Å². The number of benzene rings is 1. The number of hydrogen-bond donors (Lipinski definition) is 1. The van der Waals surface area contributed by atoms with Crippen molar-refractivity contribution in [3.63, 3.8) is 0 Å². The van der Waals surface area contributed by atoms with Gasteiger partial charge in [-0.15, -0.1) is 0 Å². The molecule has 0 heterocycles. The number of oxime groups is 1. The van der Waals surface area contributed by atoms with Gasteiger partial charge in [0.1, 0.15) is 5.82 Å². The molecule has 80 valence electrons. The van der Waals surface area contributed by atoms with Crippen molar-refractivity contribution in [1.82, 2.24) is 0 Å². The fourth-order valence-electron chi connectivity index (χ4n) is 0.988. The van der Waals surface area contributed by atoms with Crippen LogP contribution in [0.15, 0.2) is 29.4 Å². The molecule has 0 saturated carbocycles. The Morgan fingerprint density at radius 1 is 1.53 bits per heavy atom. The molecule has 1 aromatic carbocycles. The summed E-state index contributed by atoms with van der Waals surface area (Å²) in [4.78, 5) is 14.6. The number of carbonyl (C=O) groups is 1. The summed E-state index contributed by atoms with van der Waals surface area (Å²) in [6.45, 7) is 1.01. The van der Waals surface area contributed by atoms with Crippen LogP contribution < -0.4 is 0 Å². The molecule has 1 aromatic rings. The quantitative estimate of drug-likeness (QED) is 0.608. The standard InChI is InChI=1S/C10H10FNO3/c1-7(12-15-6-10(13)14)8-4-2-3-5-9(8)11/h2-5H,6H2,1H3,(H,13,14). The molecule has 0 amide bonds. The van der Waals surface area contributed by atoms with Crippen molar-refractivity contribution in [2.45, 2.75) is 6.92 Å². The molecule has 5 heteroatoms. The zero-order chi connectivity index (χ0) is 11.3. The van der Waals surface area contributed by atoms with Gasteiger partial charge in [0, 0.05) is 5.56 Å². The molecule has 1 rings (SSSR count). The van der Waals surface area contributed by atoms with Crippen LogP contribution in [-0.4, -0.2) is 23.4 Å². The van der Waals surface area contributed by atoms with Crippen molar-refractivity contribution in [1.29, 1.82) is 0 Å². The maximum absolute atomic E-state index is 13.2. The molecule has 0 bridgehead atoms. The van der Waals surface area contributed by atoms with Crippen LogP contribution in [-0.2, 0) is 9.63 Å². The van der Waals surface area contributed by atoms with Gasteiger partial charge < -0.3 is 9.94 Å². The largest absolute Gasteiger partial charge is 0.479 e. The van der Waals surface area contributed by atoms with Gasteiger partial charge in [-0.3, -0.25) is 0 Å². The first kappa shape index (κ1) is 11.2. The molecule has 0 aliphatic rings. The average Bonchev–Trinajstić information content (AvgIpc) is 2.17. The summed E-state index contributed by atoms with van der Waals surface area (Å²) < 4.78 is 13.2. The Hall–Kier alpha value is -1.91. The van der Waals surface area contributed by atoms with Gasteiger partial charge in [-0.1, -0.05) is 23.4 Å². The second-order valence-corrected chi connectivity index (χ2v) is 2.82.